The van der Waals surface area contributed by atoms with Crippen molar-refractivity contribution in [3.63, 3.8) is 0 Å². The average molecular weight is 568 g/mol. The van der Waals surface area contributed by atoms with E-state index in [0.717, 1.165) is 0 Å². The van der Waals surface area contributed by atoms with Gasteiger partial charge in [-0.15, -0.1) is 0 Å². The number of hydrogen-bond donors (Lipinski definition) is 2. The number of amides is 1. The number of fused-ring (bicyclic) bond motifs is 1. The van der Waals surface area contributed by atoms with Crippen LogP contribution in [-0.2, 0) is 11.2 Å². The molecule has 0 radical (unpaired) electrons. The highest BCUT2D eigenvalue weighted by atomic mass is 32.1. The molecule has 0 saturated carbocycles. The molecule has 40 heavy (non-hydrogen) atoms. The number of carbonyl (C=O) groups excluding carboxylic acids is 1. The van der Waals surface area contributed by atoms with Crippen LogP contribution in [-0.4, -0.2) is 81.6 Å². The van der Waals surface area contributed by atoms with Crippen LogP contribution in [0.3, 0.4) is 0 Å². The van der Waals surface area contributed by atoms with Crippen molar-refractivity contribution in [1.82, 2.24) is 19.5 Å². The number of aliphatic hydroxyl groups is 2. The fourth-order valence-electron chi connectivity index (χ4n) is 4.82. The number of nitriles is 1. The standard InChI is InChI=1S/C27H27F2N7O3S/c1-3-19-25(33(2)27-31-24(23(13-30)40-27)16-4-6-17(28)7-5-16)21-12-20(18(29)14-36(21)32-19)34-8-10-35(11-9-34)26(39)22(38)15-37/h4-7,12,14,22,37-38H,3,8-11,15H2,1-2H3. The van der Waals surface area contributed by atoms with E-state index in [2.05, 4.69) is 11.2 Å². The maximum Gasteiger partial charge on any atom is 0.253 e. The van der Waals surface area contributed by atoms with Gasteiger partial charge in [-0.25, -0.2) is 18.3 Å². The number of halogens is 2. The number of aliphatic hydroxyl groups excluding tert-OH is 2. The van der Waals surface area contributed by atoms with E-state index in [0.29, 0.717) is 63.4 Å². The van der Waals surface area contributed by atoms with Crippen molar-refractivity contribution < 1.29 is 23.8 Å². The summed E-state index contributed by atoms with van der Waals surface area (Å²) in [6.45, 7) is 2.53. The fraction of sp³-hybridized carbons (Fsp3) is 0.333. The van der Waals surface area contributed by atoms with Crippen molar-refractivity contribution in [3.8, 4) is 17.3 Å². The van der Waals surface area contributed by atoms with Crippen LogP contribution in [0.2, 0.25) is 0 Å². The molecule has 0 spiro atoms. The zero-order valence-electron chi connectivity index (χ0n) is 21.9. The predicted molar refractivity (Wildman–Crippen MR) is 147 cm³/mol. The summed E-state index contributed by atoms with van der Waals surface area (Å²) < 4.78 is 30.2. The smallest absolute Gasteiger partial charge is 0.253 e. The van der Waals surface area contributed by atoms with Crippen molar-refractivity contribution in [2.24, 2.45) is 0 Å². The Morgan fingerprint density at radius 3 is 2.55 bits per heavy atom. The summed E-state index contributed by atoms with van der Waals surface area (Å²) in [4.78, 5) is 22.4. The largest absolute Gasteiger partial charge is 0.393 e. The lowest BCUT2D eigenvalue weighted by atomic mass is 10.1. The van der Waals surface area contributed by atoms with Crippen LogP contribution in [0.5, 0.6) is 0 Å². The van der Waals surface area contributed by atoms with Gasteiger partial charge in [0.2, 0.25) is 0 Å². The number of benzene rings is 1. The summed E-state index contributed by atoms with van der Waals surface area (Å²) in [6, 6.07) is 9.69. The number of thiazole rings is 1. The predicted octanol–water partition coefficient (Wildman–Crippen LogP) is 2.94. The molecule has 1 aliphatic heterocycles. The average Bonchev–Trinajstić information content (AvgIpc) is 3.57. The Hall–Kier alpha value is -4.12. The highest BCUT2D eigenvalue weighted by Gasteiger charge is 2.28. The molecule has 1 saturated heterocycles. The van der Waals surface area contributed by atoms with Gasteiger partial charge in [0, 0.05) is 38.8 Å². The molecule has 1 aromatic carbocycles. The number of rotatable bonds is 7. The zero-order chi connectivity index (χ0) is 28.6. The molecule has 13 heteroatoms. The Labute approximate surface area is 232 Å². The van der Waals surface area contributed by atoms with E-state index in [1.54, 1.807) is 18.2 Å². The molecular weight excluding hydrogens is 540 g/mol. The van der Waals surface area contributed by atoms with Gasteiger partial charge in [-0.05, 0) is 36.8 Å². The lowest BCUT2D eigenvalue weighted by molar-refractivity contribution is -0.142. The van der Waals surface area contributed by atoms with Gasteiger partial charge in [0.1, 0.15) is 22.5 Å². The Balaban J connectivity index is 1.49. The molecule has 1 aliphatic rings. The molecule has 4 heterocycles. The molecule has 208 valence electrons. The first-order chi connectivity index (χ1) is 19.2. The van der Waals surface area contributed by atoms with Gasteiger partial charge in [0.15, 0.2) is 17.1 Å². The molecule has 1 atom stereocenters. The van der Waals surface area contributed by atoms with E-state index in [9.17, 15) is 19.6 Å². The second-order valence-corrected chi connectivity index (χ2v) is 10.3. The van der Waals surface area contributed by atoms with E-state index in [1.165, 1.54) is 39.1 Å². The minimum absolute atomic E-state index is 0.273. The zero-order valence-corrected chi connectivity index (χ0v) is 22.7. The van der Waals surface area contributed by atoms with Gasteiger partial charge in [-0.3, -0.25) is 4.79 Å². The molecule has 1 fully saturated rings. The second-order valence-electron chi connectivity index (χ2n) is 9.35. The van der Waals surface area contributed by atoms with Crippen LogP contribution in [0.25, 0.3) is 16.8 Å². The second kappa shape index (κ2) is 11.2. The van der Waals surface area contributed by atoms with Gasteiger partial charge < -0.3 is 24.9 Å². The van der Waals surface area contributed by atoms with Crippen LogP contribution in [0.15, 0.2) is 36.5 Å². The number of piperazine rings is 1. The molecule has 10 nitrogen and oxygen atoms in total. The van der Waals surface area contributed by atoms with E-state index in [1.807, 2.05) is 23.8 Å². The van der Waals surface area contributed by atoms with Gasteiger partial charge in [0.25, 0.3) is 5.91 Å². The molecule has 4 aromatic rings. The first-order valence-corrected chi connectivity index (χ1v) is 13.5. The normalized spacial score (nSPS) is 14.4. The van der Waals surface area contributed by atoms with Crippen molar-refractivity contribution in [2.75, 3.05) is 49.6 Å². The van der Waals surface area contributed by atoms with Crippen molar-refractivity contribution in [3.05, 3.63) is 58.7 Å². The third kappa shape index (κ3) is 4.97. The maximum absolute atomic E-state index is 15.3. The van der Waals surface area contributed by atoms with Crippen LogP contribution >= 0.6 is 11.3 Å². The van der Waals surface area contributed by atoms with Crippen molar-refractivity contribution in [1.29, 1.82) is 5.26 Å². The Bertz CT molecular complexity index is 1590. The lowest BCUT2D eigenvalue weighted by Crippen LogP contribution is -2.52. The number of nitrogens with zero attached hydrogens (tertiary/aromatic N) is 7. The van der Waals surface area contributed by atoms with E-state index < -0.39 is 24.4 Å². The summed E-state index contributed by atoms with van der Waals surface area (Å²) in [5.41, 5.74) is 3.50. The number of aromatic nitrogens is 3. The van der Waals surface area contributed by atoms with E-state index >= 15 is 4.39 Å². The summed E-state index contributed by atoms with van der Waals surface area (Å²) in [6.07, 6.45) is 0.418. The number of carbonyl (C=O) groups is 1. The number of hydrogen-bond acceptors (Lipinski definition) is 9. The molecule has 1 amide bonds. The highest BCUT2D eigenvalue weighted by molar-refractivity contribution is 7.16. The van der Waals surface area contributed by atoms with Crippen LogP contribution in [0, 0.1) is 23.0 Å². The summed E-state index contributed by atoms with van der Waals surface area (Å²) in [7, 11) is 1.81. The Kier molecular flexibility index (Phi) is 7.66. The van der Waals surface area contributed by atoms with Crippen molar-refractivity contribution >= 4 is 39.3 Å². The van der Waals surface area contributed by atoms with E-state index in [4.69, 9.17) is 10.1 Å². The minimum atomic E-state index is -1.46. The molecule has 0 aliphatic carbocycles. The third-order valence-electron chi connectivity index (χ3n) is 6.93. The van der Waals surface area contributed by atoms with Gasteiger partial charge >= 0.3 is 0 Å². The van der Waals surface area contributed by atoms with Gasteiger partial charge in [0.05, 0.1) is 35.4 Å². The first kappa shape index (κ1) is 27.4. The van der Waals surface area contributed by atoms with Gasteiger partial charge in [-0.2, -0.15) is 10.4 Å². The number of anilines is 3. The summed E-state index contributed by atoms with van der Waals surface area (Å²) in [5, 5.41) is 33.6. The summed E-state index contributed by atoms with van der Waals surface area (Å²) in [5.74, 6) is -1.40. The highest BCUT2D eigenvalue weighted by Crippen LogP contribution is 2.39. The molecular formula is C27H27F2N7O3S. The lowest BCUT2D eigenvalue weighted by Gasteiger charge is -2.36. The molecule has 2 N–H and O–H groups in total. The van der Waals surface area contributed by atoms with E-state index in [-0.39, 0.29) is 18.9 Å². The van der Waals surface area contributed by atoms with Crippen molar-refractivity contribution in [2.45, 2.75) is 19.4 Å². The third-order valence-corrected chi connectivity index (χ3v) is 7.96. The number of pyridine rings is 1. The molecule has 3 aromatic heterocycles. The molecule has 1 unspecified atom stereocenters. The first-order valence-electron chi connectivity index (χ1n) is 12.7. The Morgan fingerprint density at radius 2 is 1.93 bits per heavy atom. The quantitative estimate of drug-likeness (QED) is 0.350. The monoisotopic (exact) mass is 567 g/mol. The number of aryl methyl sites for hydroxylation is 1. The molecule has 0 bridgehead atoms. The van der Waals surface area contributed by atoms with Gasteiger partial charge in [-0.1, -0.05) is 18.3 Å². The molecule has 5 rings (SSSR count). The summed E-state index contributed by atoms with van der Waals surface area (Å²) >= 11 is 1.20. The maximum atomic E-state index is 15.3. The SMILES string of the molecule is CCc1nn2cc(F)c(N3CCN(C(=O)C(O)CO)CC3)cc2c1N(C)c1nc(-c2ccc(F)cc2)c(C#N)s1. The fourth-order valence-corrected chi connectivity index (χ4v) is 5.68. The van der Waals surface area contributed by atoms with Crippen LogP contribution in [0.1, 0.15) is 17.5 Å². The minimum Gasteiger partial charge on any atom is -0.393 e. The topological polar surface area (TPSA) is 121 Å². The van der Waals surface area contributed by atoms with Crippen LogP contribution < -0.4 is 9.80 Å². The Morgan fingerprint density at radius 1 is 1.23 bits per heavy atom. The van der Waals surface area contributed by atoms with Crippen LogP contribution in [0.4, 0.5) is 25.3 Å².